The van der Waals surface area contributed by atoms with E-state index in [1.54, 1.807) is 29.6 Å². The number of aromatic carboxylic acids is 1. The van der Waals surface area contributed by atoms with E-state index in [4.69, 9.17) is 10.4 Å². The SMILES string of the molecule is N#Cc1sccc1-c1ccccc1C(=O)O. The first-order valence-electron chi connectivity index (χ1n) is 4.54. The number of nitriles is 1. The highest BCUT2D eigenvalue weighted by Crippen LogP contribution is 2.30. The van der Waals surface area contributed by atoms with Crippen LogP contribution in [-0.4, -0.2) is 11.1 Å². The van der Waals surface area contributed by atoms with Crippen molar-refractivity contribution in [2.45, 2.75) is 0 Å². The Hall–Kier alpha value is -2.12. The Bertz CT molecular complexity index is 581. The molecule has 0 radical (unpaired) electrons. The summed E-state index contributed by atoms with van der Waals surface area (Å²) >= 11 is 1.31. The monoisotopic (exact) mass is 229 g/mol. The van der Waals surface area contributed by atoms with Crippen molar-refractivity contribution in [3.05, 3.63) is 46.2 Å². The summed E-state index contributed by atoms with van der Waals surface area (Å²) in [5.74, 6) is -0.981. The van der Waals surface area contributed by atoms with Gasteiger partial charge in [0.2, 0.25) is 0 Å². The molecule has 2 rings (SSSR count). The number of hydrogen-bond acceptors (Lipinski definition) is 3. The highest BCUT2D eigenvalue weighted by Gasteiger charge is 2.14. The Morgan fingerprint density at radius 2 is 2.00 bits per heavy atom. The first-order valence-corrected chi connectivity index (χ1v) is 5.42. The van der Waals surface area contributed by atoms with Crippen molar-refractivity contribution in [3.63, 3.8) is 0 Å². The Kier molecular flexibility index (Phi) is 2.71. The maximum atomic E-state index is 11.0. The fraction of sp³-hybridized carbons (Fsp3) is 0. The largest absolute Gasteiger partial charge is 0.478 e. The molecule has 0 spiro atoms. The highest BCUT2D eigenvalue weighted by atomic mass is 32.1. The summed E-state index contributed by atoms with van der Waals surface area (Å²) < 4.78 is 0. The lowest BCUT2D eigenvalue weighted by Gasteiger charge is -2.03. The molecule has 0 fully saturated rings. The van der Waals surface area contributed by atoms with E-state index in [9.17, 15) is 4.79 Å². The molecule has 2 aromatic rings. The predicted octanol–water partition coefficient (Wildman–Crippen LogP) is 2.98. The summed E-state index contributed by atoms with van der Waals surface area (Å²) in [4.78, 5) is 11.6. The molecule has 1 heterocycles. The van der Waals surface area contributed by atoms with Gasteiger partial charge in [-0.1, -0.05) is 18.2 Å². The second kappa shape index (κ2) is 4.17. The normalized spacial score (nSPS) is 9.69. The molecule has 16 heavy (non-hydrogen) atoms. The van der Waals surface area contributed by atoms with Gasteiger partial charge in [-0.2, -0.15) is 5.26 Å². The molecule has 0 unspecified atom stereocenters. The highest BCUT2D eigenvalue weighted by molar-refractivity contribution is 7.11. The molecule has 1 aromatic heterocycles. The molecule has 78 valence electrons. The van der Waals surface area contributed by atoms with Crippen LogP contribution in [0, 0.1) is 11.3 Å². The zero-order valence-electron chi connectivity index (χ0n) is 8.18. The molecule has 1 N–H and O–H groups in total. The molecule has 0 bridgehead atoms. The van der Waals surface area contributed by atoms with Crippen molar-refractivity contribution >= 4 is 17.3 Å². The summed E-state index contributed by atoms with van der Waals surface area (Å²) in [5, 5.41) is 19.7. The zero-order valence-corrected chi connectivity index (χ0v) is 8.99. The predicted molar refractivity (Wildman–Crippen MR) is 61.4 cm³/mol. The second-order valence-corrected chi connectivity index (χ2v) is 4.04. The third kappa shape index (κ3) is 1.69. The minimum Gasteiger partial charge on any atom is -0.478 e. The Morgan fingerprint density at radius 3 is 2.69 bits per heavy atom. The molecule has 0 aliphatic carbocycles. The molecule has 0 aliphatic heterocycles. The number of benzene rings is 1. The van der Waals surface area contributed by atoms with Crippen LogP contribution in [0.3, 0.4) is 0 Å². The molecule has 0 saturated heterocycles. The Balaban J connectivity index is 2.66. The summed E-state index contributed by atoms with van der Waals surface area (Å²) in [6, 6.07) is 10.5. The lowest BCUT2D eigenvalue weighted by molar-refractivity contribution is 0.0698. The van der Waals surface area contributed by atoms with E-state index < -0.39 is 5.97 Å². The van der Waals surface area contributed by atoms with Crippen molar-refractivity contribution in [3.8, 4) is 17.2 Å². The fourth-order valence-corrected chi connectivity index (χ4v) is 2.21. The molecular formula is C12H7NO2S. The number of rotatable bonds is 2. The topological polar surface area (TPSA) is 61.1 Å². The molecule has 0 saturated carbocycles. The molecule has 0 aliphatic rings. The summed E-state index contributed by atoms with van der Waals surface area (Å²) in [6.45, 7) is 0. The van der Waals surface area contributed by atoms with Gasteiger partial charge < -0.3 is 5.11 Å². The first-order chi connectivity index (χ1) is 7.74. The van der Waals surface area contributed by atoms with Gasteiger partial charge in [0, 0.05) is 5.56 Å². The second-order valence-electron chi connectivity index (χ2n) is 3.13. The van der Waals surface area contributed by atoms with Gasteiger partial charge in [-0.25, -0.2) is 4.79 Å². The van der Waals surface area contributed by atoms with Crippen molar-refractivity contribution in [1.82, 2.24) is 0 Å². The van der Waals surface area contributed by atoms with Gasteiger partial charge in [-0.15, -0.1) is 11.3 Å². The maximum absolute atomic E-state index is 11.0. The smallest absolute Gasteiger partial charge is 0.336 e. The van der Waals surface area contributed by atoms with E-state index >= 15 is 0 Å². The lowest BCUT2D eigenvalue weighted by atomic mass is 10.0. The number of carboxylic acid groups (broad SMARTS) is 1. The number of carboxylic acids is 1. The lowest BCUT2D eigenvalue weighted by Crippen LogP contribution is -1.98. The minimum absolute atomic E-state index is 0.220. The van der Waals surface area contributed by atoms with Crippen LogP contribution in [0.25, 0.3) is 11.1 Å². The standard InChI is InChI=1S/C12H7NO2S/c13-7-11-9(5-6-16-11)8-3-1-2-4-10(8)12(14)15/h1-6H,(H,14,15). The number of carbonyl (C=O) groups is 1. The van der Waals surface area contributed by atoms with Gasteiger partial charge in [0.15, 0.2) is 0 Å². The third-order valence-electron chi connectivity index (χ3n) is 2.21. The summed E-state index contributed by atoms with van der Waals surface area (Å²) in [5.41, 5.74) is 1.50. The van der Waals surface area contributed by atoms with Gasteiger partial charge in [0.1, 0.15) is 10.9 Å². The van der Waals surface area contributed by atoms with E-state index in [2.05, 4.69) is 6.07 Å². The molecule has 4 heteroatoms. The van der Waals surface area contributed by atoms with Gasteiger partial charge in [0.25, 0.3) is 0 Å². The molecule has 0 amide bonds. The van der Waals surface area contributed by atoms with Crippen molar-refractivity contribution < 1.29 is 9.90 Å². The van der Waals surface area contributed by atoms with Crippen LogP contribution in [0.4, 0.5) is 0 Å². The maximum Gasteiger partial charge on any atom is 0.336 e. The van der Waals surface area contributed by atoms with Gasteiger partial charge in [-0.3, -0.25) is 0 Å². The quantitative estimate of drug-likeness (QED) is 0.861. The summed E-state index contributed by atoms with van der Waals surface area (Å²) in [7, 11) is 0. The fourth-order valence-electron chi connectivity index (χ4n) is 1.51. The van der Waals surface area contributed by atoms with Crippen molar-refractivity contribution in [2.75, 3.05) is 0 Å². The molecular weight excluding hydrogens is 222 g/mol. The van der Waals surface area contributed by atoms with Gasteiger partial charge in [0.05, 0.1) is 5.56 Å². The van der Waals surface area contributed by atoms with Crippen LogP contribution in [-0.2, 0) is 0 Å². The van der Waals surface area contributed by atoms with Crippen LogP contribution in [0.15, 0.2) is 35.7 Å². The average Bonchev–Trinajstić information content (AvgIpc) is 2.76. The van der Waals surface area contributed by atoms with E-state index in [0.29, 0.717) is 16.0 Å². The number of nitrogens with zero attached hydrogens (tertiary/aromatic N) is 1. The molecule has 3 nitrogen and oxygen atoms in total. The van der Waals surface area contributed by atoms with Gasteiger partial charge >= 0.3 is 5.97 Å². The zero-order chi connectivity index (χ0) is 11.5. The average molecular weight is 229 g/mol. The van der Waals surface area contributed by atoms with Crippen molar-refractivity contribution in [1.29, 1.82) is 5.26 Å². The van der Waals surface area contributed by atoms with Crippen LogP contribution in [0.2, 0.25) is 0 Å². The number of hydrogen-bond donors (Lipinski definition) is 1. The molecule has 0 atom stereocenters. The number of thiophene rings is 1. The first kappa shape index (κ1) is 10.4. The van der Waals surface area contributed by atoms with E-state index in [-0.39, 0.29) is 5.56 Å². The van der Waals surface area contributed by atoms with Gasteiger partial charge in [-0.05, 0) is 23.1 Å². The molecule has 1 aromatic carbocycles. The Labute approximate surface area is 96.2 Å². The van der Waals surface area contributed by atoms with E-state index in [1.807, 2.05) is 0 Å². The Morgan fingerprint density at radius 1 is 1.25 bits per heavy atom. The van der Waals surface area contributed by atoms with Crippen LogP contribution in [0.1, 0.15) is 15.2 Å². The third-order valence-corrected chi connectivity index (χ3v) is 3.03. The van der Waals surface area contributed by atoms with Crippen LogP contribution in [0.5, 0.6) is 0 Å². The van der Waals surface area contributed by atoms with Crippen LogP contribution < -0.4 is 0 Å². The summed E-state index contributed by atoms with van der Waals surface area (Å²) in [6.07, 6.45) is 0. The van der Waals surface area contributed by atoms with Crippen LogP contribution >= 0.6 is 11.3 Å². The van der Waals surface area contributed by atoms with E-state index in [1.165, 1.54) is 17.4 Å². The van der Waals surface area contributed by atoms with E-state index in [0.717, 1.165) is 0 Å². The van der Waals surface area contributed by atoms with Crippen molar-refractivity contribution in [2.24, 2.45) is 0 Å². The minimum atomic E-state index is -0.981.